The summed E-state index contributed by atoms with van der Waals surface area (Å²) < 4.78 is 5.28. The van der Waals surface area contributed by atoms with Crippen molar-refractivity contribution >= 4 is 5.90 Å². The lowest BCUT2D eigenvalue weighted by molar-refractivity contribution is 0.406. The van der Waals surface area contributed by atoms with Crippen molar-refractivity contribution in [3.05, 3.63) is 11.8 Å². The van der Waals surface area contributed by atoms with Gasteiger partial charge in [0.15, 0.2) is 0 Å². The molecule has 3 nitrogen and oxygen atoms in total. The fraction of sp³-hybridized carbons (Fsp3) is 0.625. The van der Waals surface area contributed by atoms with Crippen molar-refractivity contribution in [1.82, 2.24) is 5.43 Å². The monoisotopic (exact) mass is 156 g/mol. The molecule has 3 heteroatoms. The van der Waals surface area contributed by atoms with E-state index in [4.69, 9.17) is 4.74 Å². The lowest BCUT2D eigenvalue weighted by Crippen LogP contribution is -2.04. The minimum absolute atomic E-state index is 0.634. The van der Waals surface area contributed by atoms with Crippen LogP contribution in [0, 0.1) is 0 Å². The van der Waals surface area contributed by atoms with Crippen molar-refractivity contribution in [2.75, 3.05) is 7.05 Å². The van der Waals surface area contributed by atoms with Gasteiger partial charge in [0, 0.05) is 14.0 Å². The molecule has 0 fully saturated rings. The molecule has 0 saturated carbocycles. The van der Waals surface area contributed by atoms with Crippen molar-refractivity contribution in [3.63, 3.8) is 0 Å². The Bertz CT molecular complexity index is 143. The van der Waals surface area contributed by atoms with Gasteiger partial charge < -0.3 is 10.2 Å². The highest BCUT2D eigenvalue weighted by atomic mass is 16.5. The molecule has 0 aliphatic carbocycles. The van der Waals surface area contributed by atoms with Crippen molar-refractivity contribution in [2.24, 2.45) is 5.10 Å². The molecule has 0 aliphatic heterocycles. The predicted octanol–water partition coefficient (Wildman–Crippen LogP) is 1.87. The molecule has 0 aromatic carbocycles. The maximum Gasteiger partial charge on any atom is 0.208 e. The van der Waals surface area contributed by atoms with Gasteiger partial charge in [-0.15, -0.1) is 5.10 Å². The van der Waals surface area contributed by atoms with Crippen LogP contribution >= 0.6 is 0 Å². The average Bonchev–Trinajstić information content (AvgIpc) is 1.87. The molecule has 0 heterocycles. The molecule has 0 bridgehead atoms. The molecular weight excluding hydrogens is 140 g/mol. The predicted molar refractivity (Wildman–Crippen MR) is 47.3 cm³/mol. The van der Waals surface area contributed by atoms with Gasteiger partial charge in [0.1, 0.15) is 0 Å². The summed E-state index contributed by atoms with van der Waals surface area (Å²) in [4.78, 5) is 0. The molecule has 0 unspecified atom stereocenters. The number of allylic oxidation sites excluding steroid dienone is 2. The van der Waals surface area contributed by atoms with Crippen LogP contribution in [-0.2, 0) is 4.74 Å². The van der Waals surface area contributed by atoms with Crippen molar-refractivity contribution in [1.29, 1.82) is 0 Å². The highest BCUT2D eigenvalue weighted by molar-refractivity contribution is 5.73. The first kappa shape index (κ1) is 10.0. The van der Waals surface area contributed by atoms with Gasteiger partial charge in [-0.25, -0.2) is 0 Å². The normalized spacial score (nSPS) is 13.1. The Morgan fingerprint density at radius 1 is 1.55 bits per heavy atom. The van der Waals surface area contributed by atoms with Crippen LogP contribution in [-0.4, -0.2) is 12.9 Å². The summed E-state index contributed by atoms with van der Waals surface area (Å²) in [6.45, 7) is 5.79. The minimum atomic E-state index is 0.634. The fourth-order valence-electron chi connectivity index (χ4n) is 0.742. The van der Waals surface area contributed by atoms with Crippen molar-refractivity contribution < 1.29 is 4.74 Å². The van der Waals surface area contributed by atoms with Gasteiger partial charge in [0.2, 0.25) is 5.90 Å². The van der Waals surface area contributed by atoms with Crippen molar-refractivity contribution in [3.8, 4) is 0 Å². The maximum atomic E-state index is 5.28. The Morgan fingerprint density at radius 3 is 2.64 bits per heavy atom. The van der Waals surface area contributed by atoms with E-state index in [0.717, 1.165) is 12.2 Å². The quantitative estimate of drug-likeness (QED) is 0.293. The summed E-state index contributed by atoms with van der Waals surface area (Å²) in [6.07, 6.45) is 2.99. The number of hydrazone groups is 1. The largest absolute Gasteiger partial charge is 0.447 e. The molecule has 0 spiro atoms. The number of hydrogen-bond donors (Lipinski definition) is 1. The number of hydrogen-bond acceptors (Lipinski definition) is 3. The Kier molecular flexibility index (Phi) is 5.25. The van der Waals surface area contributed by atoms with E-state index in [1.807, 2.05) is 19.9 Å². The summed E-state index contributed by atoms with van der Waals surface area (Å²) in [5, 5.41) is 3.85. The van der Waals surface area contributed by atoms with E-state index in [1.54, 1.807) is 7.05 Å². The first-order valence-electron chi connectivity index (χ1n) is 3.76. The van der Waals surface area contributed by atoms with Crippen LogP contribution in [0.1, 0.15) is 27.2 Å². The molecule has 0 aromatic heterocycles. The minimum Gasteiger partial charge on any atom is -0.447 e. The smallest absolute Gasteiger partial charge is 0.208 e. The van der Waals surface area contributed by atoms with E-state index in [2.05, 4.69) is 17.5 Å². The standard InChI is InChI=1S/C8H16N2O/c1-5-6-7(2)11-8(3)10-9-4/h6,9H,5H2,1-4H3/b7-6-,10-8-. The molecule has 0 saturated heterocycles. The van der Waals surface area contributed by atoms with Gasteiger partial charge in [0.05, 0.1) is 5.76 Å². The van der Waals surface area contributed by atoms with Gasteiger partial charge in [-0.3, -0.25) is 0 Å². The molecular formula is C8H16N2O. The second-order valence-corrected chi connectivity index (χ2v) is 2.18. The molecule has 11 heavy (non-hydrogen) atoms. The van der Waals surface area contributed by atoms with Gasteiger partial charge in [-0.2, -0.15) is 0 Å². The molecule has 0 radical (unpaired) electrons. The maximum absolute atomic E-state index is 5.28. The summed E-state index contributed by atoms with van der Waals surface area (Å²) in [5.74, 6) is 1.53. The first-order chi connectivity index (χ1) is 5.20. The summed E-state index contributed by atoms with van der Waals surface area (Å²) in [7, 11) is 1.74. The van der Waals surface area contributed by atoms with Crippen LogP contribution in [0.15, 0.2) is 16.9 Å². The van der Waals surface area contributed by atoms with E-state index in [0.29, 0.717) is 5.90 Å². The SMILES string of the molecule is CC/C=C(/C)O/C(C)=N\NC. The Morgan fingerprint density at radius 2 is 2.18 bits per heavy atom. The average molecular weight is 156 g/mol. The third-order valence-corrected chi connectivity index (χ3v) is 1.07. The highest BCUT2D eigenvalue weighted by Gasteiger charge is 1.91. The van der Waals surface area contributed by atoms with E-state index in [1.165, 1.54) is 0 Å². The summed E-state index contributed by atoms with van der Waals surface area (Å²) in [5.41, 5.74) is 2.65. The van der Waals surface area contributed by atoms with Gasteiger partial charge >= 0.3 is 0 Å². The Labute approximate surface area is 68.1 Å². The van der Waals surface area contributed by atoms with Crippen LogP contribution < -0.4 is 5.43 Å². The van der Waals surface area contributed by atoms with E-state index < -0.39 is 0 Å². The number of nitrogens with one attached hydrogen (secondary N) is 1. The Balaban J connectivity index is 3.84. The van der Waals surface area contributed by atoms with Crippen LogP contribution in [0.25, 0.3) is 0 Å². The van der Waals surface area contributed by atoms with E-state index >= 15 is 0 Å². The van der Waals surface area contributed by atoms with Crippen LogP contribution in [0.5, 0.6) is 0 Å². The number of rotatable bonds is 3. The molecule has 0 amide bonds. The molecule has 0 rings (SSSR count). The summed E-state index contributed by atoms with van der Waals surface area (Å²) in [6, 6.07) is 0. The number of ether oxygens (including phenoxy) is 1. The zero-order valence-electron chi connectivity index (χ0n) is 7.64. The van der Waals surface area contributed by atoms with E-state index in [-0.39, 0.29) is 0 Å². The lowest BCUT2D eigenvalue weighted by atomic mass is 10.4. The Hall–Kier alpha value is -0.990. The third-order valence-electron chi connectivity index (χ3n) is 1.07. The molecule has 1 N–H and O–H groups in total. The fourth-order valence-corrected chi connectivity index (χ4v) is 0.742. The van der Waals surface area contributed by atoms with Gasteiger partial charge in [-0.1, -0.05) is 6.92 Å². The molecule has 0 aliphatic rings. The highest BCUT2D eigenvalue weighted by Crippen LogP contribution is 1.97. The van der Waals surface area contributed by atoms with Gasteiger partial charge in [-0.05, 0) is 19.4 Å². The topological polar surface area (TPSA) is 33.6 Å². The lowest BCUT2D eigenvalue weighted by Gasteiger charge is -2.03. The number of nitrogens with zero attached hydrogens (tertiary/aromatic N) is 1. The van der Waals surface area contributed by atoms with E-state index in [9.17, 15) is 0 Å². The van der Waals surface area contributed by atoms with Crippen LogP contribution in [0.3, 0.4) is 0 Å². The van der Waals surface area contributed by atoms with Crippen LogP contribution in [0.2, 0.25) is 0 Å². The second-order valence-electron chi connectivity index (χ2n) is 2.18. The van der Waals surface area contributed by atoms with Gasteiger partial charge in [0.25, 0.3) is 0 Å². The molecule has 64 valence electrons. The summed E-state index contributed by atoms with van der Waals surface area (Å²) >= 11 is 0. The zero-order valence-corrected chi connectivity index (χ0v) is 7.64. The zero-order chi connectivity index (χ0) is 8.69. The third kappa shape index (κ3) is 5.45. The van der Waals surface area contributed by atoms with Crippen LogP contribution in [0.4, 0.5) is 0 Å². The molecule has 0 aromatic rings. The molecule has 0 atom stereocenters. The first-order valence-corrected chi connectivity index (χ1v) is 3.76. The second kappa shape index (κ2) is 5.77. The van der Waals surface area contributed by atoms with Crippen molar-refractivity contribution in [2.45, 2.75) is 27.2 Å².